The molecule has 0 unspecified atom stereocenters. The standard InChI is InChI=1S/C14H17N5O3/c1-15-9-4-6-18(7-5-9)14(20)13-11-8-10(19(21)22)2-3-12(11)16-17-13/h2-3,8-9,15H,4-7H2,1H3,(H,16,17). The smallest absolute Gasteiger partial charge is 0.274 e. The van der Waals surface area contributed by atoms with Crippen LogP contribution < -0.4 is 5.32 Å². The SMILES string of the molecule is CNC1CCN(C(=O)c2n[nH]c3ccc([N+](=O)[O-])cc23)CC1. The van der Waals surface area contributed by atoms with Crippen molar-refractivity contribution in [3.05, 3.63) is 34.0 Å². The van der Waals surface area contributed by atoms with Crippen LogP contribution in [0.4, 0.5) is 5.69 Å². The Labute approximate surface area is 126 Å². The van der Waals surface area contributed by atoms with Gasteiger partial charge in [0.25, 0.3) is 11.6 Å². The van der Waals surface area contributed by atoms with E-state index < -0.39 is 4.92 Å². The molecular formula is C14H17N5O3. The summed E-state index contributed by atoms with van der Waals surface area (Å²) in [5.74, 6) is -0.179. The summed E-state index contributed by atoms with van der Waals surface area (Å²) in [6.07, 6.45) is 1.79. The molecule has 0 bridgehead atoms. The fraction of sp³-hybridized carbons (Fsp3) is 0.429. The highest BCUT2D eigenvalue weighted by Crippen LogP contribution is 2.24. The predicted octanol–water partition coefficient (Wildman–Crippen LogP) is 1.30. The number of carbonyl (C=O) groups is 1. The monoisotopic (exact) mass is 303 g/mol. The van der Waals surface area contributed by atoms with Crippen molar-refractivity contribution >= 4 is 22.5 Å². The number of likely N-dealkylation sites (tertiary alicyclic amines) is 1. The molecule has 8 nitrogen and oxygen atoms in total. The van der Waals surface area contributed by atoms with Gasteiger partial charge in [0.15, 0.2) is 5.69 Å². The molecule has 1 aromatic carbocycles. The molecule has 0 aliphatic carbocycles. The lowest BCUT2D eigenvalue weighted by molar-refractivity contribution is -0.384. The highest BCUT2D eigenvalue weighted by atomic mass is 16.6. The van der Waals surface area contributed by atoms with Crippen LogP contribution in [-0.2, 0) is 0 Å². The van der Waals surface area contributed by atoms with Gasteiger partial charge in [0, 0.05) is 36.7 Å². The molecule has 0 spiro atoms. The second-order valence-electron chi connectivity index (χ2n) is 5.41. The molecule has 3 rings (SSSR count). The van der Waals surface area contributed by atoms with E-state index in [2.05, 4.69) is 15.5 Å². The Bertz CT molecular complexity index is 718. The van der Waals surface area contributed by atoms with Gasteiger partial charge in [-0.2, -0.15) is 5.10 Å². The van der Waals surface area contributed by atoms with Crippen LogP contribution in [0.3, 0.4) is 0 Å². The Morgan fingerprint density at radius 1 is 1.45 bits per heavy atom. The number of hydrogen-bond acceptors (Lipinski definition) is 5. The van der Waals surface area contributed by atoms with Gasteiger partial charge in [-0.1, -0.05) is 0 Å². The number of nitro groups is 1. The van der Waals surface area contributed by atoms with Crippen molar-refractivity contribution in [2.75, 3.05) is 20.1 Å². The molecule has 1 amide bonds. The van der Waals surface area contributed by atoms with Crippen LogP contribution in [0.25, 0.3) is 10.9 Å². The van der Waals surface area contributed by atoms with Crippen LogP contribution >= 0.6 is 0 Å². The Morgan fingerprint density at radius 2 is 2.18 bits per heavy atom. The van der Waals surface area contributed by atoms with E-state index in [1.54, 1.807) is 11.0 Å². The average molecular weight is 303 g/mol. The molecule has 22 heavy (non-hydrogen) atoms. The number of nitrogens with one attached hydrogen (secondary N) is 2. The highest BCUT2D eigenvalue weighted by molar-refractivity contribution is 6.05. The predicted molar refractivity (Wildman–Crippen MR) is 80.7 cm³/mol. The van der Waals surface area contributed by atoms with E-state index in [0.717, 1.165) is 12.8 Å². The van der Waals surface area contributed by atoms with E-state index in [1.165, 1.54) is 12.1 Å². The van der Waals surface area contributed by atoms with Crippen molar-refractivity contribution in [3.8, 4) is 0 Å². The Morgan fingerprint density at radius 3 is 2.82 bits per heavy atom. The molecule has 8 heteroatoms. The van der Waals surface area contributed by atoms with E-state index in [9.17, 15) is 14.9 Å². The first-order chi connectivity index (χ1) is 10.6. The van der Waals surface area contributed by atoms with E-state index in [4.69, 9.17) is 0 Å². The number of hydrogen-bond donors (Lipinski definition) is 2. The first-order valence-corrected chi connectivity index (χ1v) is 7.19. The fourth-order valence-electron chi connectivity index (χ4n) is 2.80. The number of fused-ring (bicyclic) bond motifs is 1. The number of aromatic amines is 1. The van der Waals surface area contributed by atoms with E-state index in [-0.39, 0.29) is 17.3 Å². The van der Waals surface area contributed by atoms with E-state index in [1.807, 2.05) is 7.05 Å². The van der Waals surface area contributed by atoms with Crippen molar-refractivity contribution in [1.29, 1.82) is 0 Å². The average Bonchev–Trinajstić information content (AvgIpc) is 2.97. The van der Waals surface area contributed by atoms with E-state index >= 15 is 0 Å². The number of amides is 1. The molecule has 2 aromatic rings. The molecule has 1 saturated heterocycles. The Hall–Kier alpha value is -2.48. The molecule has 1 aliphatic rings. The van der Waals surface area contributed by atoms with Crippen LogP contribution in [0.5, 0.6) is 0 Å². The van der Waals surface area contributed by atoms with Gasteiger partial charge in [-0.3, -0.25) is 20.0 Å². The summed E-state index contributed by atoms with van der Waals surface area (Å²) < 4.78 is 0. The first kappa shape index (κ1) is 14.5. The molecule has 1 aromatic heterocycles. The van der Waals surface area contributed by atoms with Crippen molar-refractivity contribution in [1.82, 2.24) is 20.4 Å². The summed E-state index contributed by atoms with van der Waals surface area (Å²) >= 11 is 0. The third-order valence-corrected chi connectivity index (χ3v) is 4.15. The molecule has 0 saturated carbocycles. The Balaban J connectivity index is 1.88. The molecular weight excluding hydrogens is 286 g/mol. The number of nitro benzene ring substituents is 1. The highest BCUT2D eigenvalue weighted by Gasteiger charge is 2.26. The summed E-state index contributed by atoms with van der Waals surface area (Å²) in [6.45, 7) is 1.32. The minimum atomic E-state index is -0.473. The third kappa shape index (κ3) is 2.52. The number of nitrogens with zero attached hydrogens (tertiary/aromatic N) is 3. The van der Waals surface area contributed by atoms with Gasteiger partial charge >= 0.3 is 0 Å². The zero-order chi connectivity index (χ0) is 15.7. The Kier molecular flexibility index (Phi) is 3.76. The maximum absolute atomic E-state index is 12.6. The van der Waals surface area contributed by atoms with Gasteiger partial charge in [0.1, 0.15) is 0 Å². The largest absolute Gasteiger partial charge is 0.337 e. The van der Waals surface area contributed by atoms with Crippen molar-refractivity contribution in [2.45, 2.75) is 18.9 Å². The van der Waals surface area contributed by atoms with E-state index in [0.29, 0.717) is 30.0 Å². The maximum Gasteiger partial charge on any atom is 0.274 e. The molecule has 0 atom stereocenters. The summed E-state index contributed by atoms with van der Waals surface area (Å²) in [6, 6.07) is 4.80. The quantitative estimate of drug-likeness (QED) is 0.657. The molecule has 1 aliphatic heterocycles. The van der Waals surface area contributed by atoms with Crippen LogP contribution in [0, 0.1) is 10.1 Å². The summed E-state index contributed by atoms with van der Waals surface area (Å²) in [5, 5.41) is 21.4. The normalized spacial score (nSPS) is 16.1. The van der Waals surface area contributed by atoms with Crippen molar-refractivity contribution in [2.24, 2.45) is 0 Å². The van der Waals surface area contributed by atoms with Crippen LogP contribution in [-0.4, -0.2) is 52.1 Å². The van der Waals surface area contributed by atoms with Gasteiger partial charge in [-0.05, 0) is 26.0 Å². The zero-order valence-electron chi connectivity index (χ0n) is 12.2. The number of benzene rings is 1. The minimum absolute atomic E-state index is 0.0446. The van der Waals surface area contributed by atoms with Crippen LogP contribution in [0.1, 0.15) is 23.3 Å². The van der Waals surface area contributed by atoms with Crippen molar-refractivity contribution < 1.29 is 9.72 Å². The molecule has 2 N–H and O–H groups in total. The van der Waals surface area contributed by atoms with Gasteiger partial charge < -0.3 is 10.2 Å². The van der Waals surface area contributed by atoms with Crippen LogP contribution in [0.2, 0.25) is 0 Å². The first-order valence-electron chi connectivity index (χ1n) is 7.19. The number of non-ortho nitro benzene ring substituents is 1. The third-order valence-electron chi connectivity index (χ3n) is 4.15. The molecule has 2 heterocycles. The lowest BCUT2D eigenvalue weighted by Gasteiger charge is -2.31. The van der Waals surface area contributed by atoms with Gasteiger partial charge in [0.2, 0.25) is 0 Å². The number of piperidine rings is 1. The fourth-order valence-corrected chi connectivity index (χ4v) is 2.80. The second-order valence-corrected chi connectivity index (χ2v) is 5.41. The van der Waals surface area contributed by atoms with Crippen LogP contribution in [0.15, 0.2) is 18.2 Å². The molecule has 116 valence electrons. The van der Waals surface area contributed by atoms with Crippen molar-refractivity contribution in [3.63, 3.8) is 0 Å². The van der Waals surface area contributed by atoms with Gasteiger partial charge in [0.05, 0.1) is 10.4 Å². The number of H-pyrrole nitrogens is 1. The summed E-state index contributed by atoms with van der Waals surface area (Å²) in [5.41, 5.74) is 0.831. The molecule has 1 fully saturated rings. The van der Waals surface area contributed by atoms with Gasteiger partial charge in [-0.15, -0.1) is 0 Å². The maximum atomic E-state index is 12.6. The number of aromatic nitrogens is 2. The lowest BCUT2D eigenvalue weighted by atomic mass is 10.0. The zero-order valence-corrected chi connectivity index (χ0v) is 12.2. The minimum Gasteiger partial charge on any atom is -0.337 e. The summed E-state index contributed by atoms with van der Waals surface area (Å²) in [4.78, 5) is 24.8. The lowest BCUT2D eigenvalue weighted by Crippen LogP contribution is -2.44. The van der Waals surface area contributed by atoms with Gasteiger partial charge in [-0.25, -0.2) is 0 Å². The molecule has 0 radical (unpaired) electrons. The number of carbonyl (C=O) groups excluding carboxylic acids is 1. The second kappa shape index (κ2) is 5.72. The topological polar surface area (TPSA) is 104 Å². The number of rotatable bonds is 3. The summed E-state index contributed by atoms with van der Waals surface area (Å²) in [7, 11) is 1.92.